The Morgan fingerprint density at radius 2 is 2.00 bits per heavy atom. The van der Waals surface area contributed by atoms with E-state index < -0.39 is 5.97 Å². The maximum Gasteiger partial charge on any atom is 0.343 e. The van der Waals surface area contributed by atoms with E-state index in [-0.39, 0.29) is 0 Å². The van der Waals surface area contributed by atoms with Crippen LogP contribution in [-0.4, -0.2) is 62.2 Å². The summed E-state index contributed by atoms with van der Waals surface area (Å²) in [6.07, 6.45) is 1.51. The molecule has 0 amide bonds. The summed E-state index contributed by atoms with van der Waals surface area (Å²) in [6, 6.07) is 0. The molecule has 0 spiro atoms. The molecule has 1 rings (SSSR count). The van der Waals surface area contributed by atoms with Crippen molar-refractivity contribution in [3.05, 3.63) is 17.6 Å². The van der Waals surface area contributed by atoms with E-state index in [4.69, 9.17) is 4.74 Å². The second-order valence-corrected chi connectivity index (χ2v) is 4.37. The van der Waals surface area contributed by atoms with Crippen molar-refractivity contribution >= 4 is 11.8 Å². The Bertz CT molecular complexity index is 421. The molecule has 0 aliphatic heterocycles. The minimum atomic E-state index is -0.415. The normalized spacial score (nSPS) is 10.6. The van der Waals surface area contributed by atoms with Gasteiger partial charge in [-0.1, -0.05) is 0 Å². The number of hydrogen-bond donors (Lipinski definition) is 0. The lowest BCUT2D eigenvalue weighted by Gasteiger charge is -2.22. The average Bonchev–Trinajstić information content (AvgIpc) is 2.34. The van der Waals surface area contributed by atoms with E-state index in [1.54, 1.807) is 6.92 Å². The molecular weight excluding hydrogens is 232 g/mol. The number of likely N-dealkylation sites (N-methyl/N-ethyl adjacent to an activating group) is 2. The molecular formula is C12H20N4O2. The van der Waals surface area contributed by atoms with E-state index in [9.17, 15) is 4.79 Å². The van der Waals surface area contributed by atoms with Crippen molar-refractivity contribution in [3.63, 3.8) is 0 Å². The van der Waals surface area contributed by atoms with Gasteiger partial charge in [-0.15, -0.1) is 0 Å². The van der Waals surface area contributed by atoms with E-state index in [0.29, 0.717) is 17.2 Å². The number of hydrogen-bond acceptors (Lipinski definition) is 6. The van der Waals surface area contributed by atoms with Crippen LogP contribution >= 0.6 is 0 Å². The fraction of sp³-hybridized carbons (Fsp3) is 0.583. The van der Waals surface area contributed by atoms with Crippen LogP contribution in [0.3, 0.4) is 0 Å². The Balaban J connectivity index is 2.97. The molecule has 0 fully saturated rings. The summed E-state index contributed by atoms with van der Waals surface area (Å²) in [6.45, 7) is 3.44. The highest BCUT2D eigenvalue weighted by Crippen LogP contribution is 2.16. The van der Waals surface area contributed by atoms with E-state index in [2.05, 4.69) is 14.9 Å². The molecule has 0 N–H and O–H groups in total. The monoisotopic (exact) mass is 252 g/mol. The summed E-state index contributed by atoms with van der Waals surface area (Å²) in [5, 5.41) is 0. The SMILES string of the molecule is COC(=O)c1cnc(C)nc1N(C)CCN(C)C. The number of carbonyl (C=O) groups is 1. The fourth-order valence-corrected chi connectivity index (χ4v) is 1.46. The molecule has 0 saturated heterocycles. The predicted molar refractivity (Wildman–Crippen MR) is 69.9 cm³/mol. The number of nitrogens with zero attached hydrogens (tertiary/aromatic N) is 4. The van der Waals surface area contributed by atoms with Gasteiger partial charge in [0, 0.05) is 26.3 Å². The minimum absolute atomic E-state index is 0.393. The van der Waals surface area contributed by atoms with E-state index in [1.807, 2.05) is 26.0 Å². The Morgan fingerprint density at radius 3 is 2.56 bits per heavy atom. The van der Waals surface area contributed by atoms with E-state index >= 15 is 0 Å². The number of anilines is 1. The van der Waals surface area contributed by atoms with Gasteiger partial charge in [0.2, 0.25) is 0 Å². The van der Waals surface area contributed by atoms with E-state index in [0.717, 1.165) is 13.1 Å². The van der Waals surface area contributed by atoms with Crippen LogP contribution in [0.4, 0.5) is 5.82 Å². The number of carbonyl (C=O) groups excluding carboxylic acids is 1. The highest BCUT2D eigenvalue weighted by atomic mass is 16.5. The number of rotatable bonds is 5. The molecule has 0 aliphatic rings. The minimum Gasteiger partial charge on any atom is -0.465 e. The van der Waals surface area contributed by atoms with Crippen LogP contribution in [0, 0.1) is 6.92 Å². The zero-order chi connectivity index (χ0) is 13.7. The molecule has 0 radical (unpaired) electrons. The van der Waals surface area contributed by atoms with Crippen molar-refractivity contribution in [1.82, 2.24) is 14.9 Å². The number of esters is 1. The van der Waals surface area contributed by atoms with Gasteiger partial charge in [-0.3, -0.25) is 0 Å². The Morgan fingerprint density at radius 1 is 1.33 bits per heavy atom. The molecule has 1 heterocycles. The molecule has 1 aromatic heterocycles. The first-order chi connectivity index (χ1) is 8.45. The standard InChI is InChI=1S/C12H20N4O2/c1-9-13-8-10(12(17)18-5)11(14-9)16(4)7-6-15(2)3/h8H,6-7H2,1-5H3. The van der Waals surface area contributed by atoms with Gasteiger partial charge < -0.3 is 14.5 Å². The largest absolute Gasteiger partial charge is 0.465 e. The first kappa shape index (κ1) is 14.4. The zero-order valence-corrected chi connectivity index (χ0v) is 11.6. The predicted octanol–water partition coefficient (Wildman–Crippen LogP) is 0.569. The Labute approximate surface area is 108 Å². The lowest BCUT2D eigenvalue weighted by molar-refractivity contribution is 0.0600. The summed E-state index contributed by atoms with van der Waals surface area (Å²) in [4.78, 5) is 24.0. The van der Waals surface area contributed by atoms with Crippen LogP contribution in [0.25, 0.3) is 0 Å². The summed E-state index contributed by atoms with van der Waals surface area (Å²) < 4.78 is 4.74. The maximum atomic E-state index is 11.6. The van der Waals surface area contributed by atoms with E-state index in [1.165, 1.54) is 13.3 Å². The molecule has 0 aromatic carbocycles. The second-order valence-electron chi connectivity index (χ2n) is 4.37. The van der Waals surface area contributed by atoms with Crippen LogP contribution in [0.1, 0.15) is 16.2 Å². The molecule has 6 nitrogen and oxygen atoms in total. The number of aryl methyl sites for hydroxylation is 1. The van der Waals surface area contributed by atoms with Crippen molar-refractivity contribution in [2.24, 2.45) is 0 Å². The van der Waals surface area contributed by atoms with Crippen molar-refractivity contribution < 1.29 is 9.53 Å². The summed E-state index contributed by atoms with van der Waals surface area (Å²) in [5.41, 5.74) is 0.393. The van der Waals surface area contributed by atoms with Crippen LogP contribution in [0.2, 0.25) is 0 Å². The Hall–Kier alpha value is -1.69. The molecule has 1 aromatic rings. The van der Waals surface area contributed by atoms with Gasteiger partial charge in [-0.25, -0.2) is 14.8 Å². The molecule has 0 atom stereocenters. The molecule has 0 bridgehead atoms. The molecule has 0 saturated carbocycles. The van der Waals surface area contributed by atoms with Crippen molar-refractivity contribution in [3.8, 4) is 0 Å². The van der Waals surface area contributed by atoms with Gasteiger partial charge in [0.15, 0.2) is 0 Å². The molecule has 0 unspecified atom stereocenters. The van der Waals surface area contributed by atoms with Gasteiger partial charge in [0.1, 0.15) is 17.2 Å². The third-order valence-electron chi connectivity index (χ3n) is 2.54. The maximum absolute atomic E-state index is 11.6. The topological polar surface area (TPSA) is 58.6 Å². The number of methoxy groups -OCH3 is 1. The molecule has 0 aliphatic carbocycles. The summed E-state index contributed by atoms with van der Waals surface area (Å²) >= 11 is 0. The summed E-state index contributed by atoms with van der Waals surface area (Å²) in [5.74, 6) is 0.826. The fourth-order valence-electron chi connectivity index (χ4n) is 1.46. The average molecular weight is 252 g/mol. The lowest BCUT2D eigenvalue weighted by Crippen LogP contribution is -2.30. The zero-order valence-electron chi connectivity index (χ0n) is 11.6. The summed E-state index contributed by atoms with van der Waals surface area (Å²) in [7, 11) is 7.25. The highest BCUT2D eigenvalue weighted by Gasteiger charge is 2.17. The lowest BCUT2D eigenvalue weighted by atomic mass is 10.3. The van der Waals surface area contributed by atoms with Gasteiger partial charge in [0.05, 0.1) is 7.11 Å². The third kappa shape index (κ3) is 3.66. The van der Waals surface area contributed by atoms with Crippen LogP contribution in [0.15, 0.2) is 6.20 Å². The van der Waals surface area contributed by atoms with Crippen LogP contribution < -0.4 is 4.90 Å². The van der Waals surface area contributed by atoms with Crippen molar-refractivity contribution in [1.29, 1.82) is 0 Å². The Kier molecular flexibility index (Phi) is 5.03. The van der Waals surface area contributed by atoms with Gasteiger partial charge >= 0.3 is 5.97 Å². The first-order valence-electron chi connectivity index (χ1n) is 5.73. The molecule has 100 valence electrons. The van der Waals surface area contributed by atoms with Crippen LogP contribution in [0.5, 0.6) is 0 Å². The molecule has 18 heavy (non-hydrogen) atoms. The highest BCUT2D eigenvalue weighted by molar-refractivity contribution is 5.94. The third-order valence-corrected chi connectivity index (χ3v) is 2.54. The van der Waals surface area contributed by atoms with Gasteiger partial charge in [0.25, 0.3) is 0 Å². The number of aromatic nitrogens is 2. The number of ether oxygens (including phenoxy) is 1. The second kappa shape index (κ2) is 6.30. The van der Waals surface area contributed by atoms with Crippen molar-refractivity contribution in [2.45, 2.75) is 6.92 Å². The van der Waals surface area contributed by atoms with Gasteiger partial charge in [-0.05, 0) is 21.0 Å². The van der Waals surface area contributed by atoms with Crippen LogP contribution in [-0.2, 0) is 4.74 Å². The van der Waals surface area contributed by atoms with Gasteiger partial charge in [-0.2, -0.15) is 0 Å². The molecule has 6 heteroatoms. The first-order valence-corrected chi connectivity index (χ1v) is 5.73. The van der Waals surface area contributed by atoms with Crippen molar-refractivity contribution in [2.75, 3.05) is 46.2 Å². The smallest absolute Gasteiger partial charge is 0.343 e. The quantitative estimate of drug-likeness (QED) is 0.714.